The van der Waals surface area contributed by atoms with Crippen LogP contribution in [-0.2, 0) is 6.54 Å². The third-order valence-electron chi connectivity index (χ3n) is 6.26. The second kappa shape index (κ2) is 10.6. The van der Waals surface area contributed by atoms with Gasteiger partial charge in [0.1, 0.15) is 11.8 Å². The molecule has 1 aromatic heterocycles. The largest absolute Gasteiger partial charge is 0.496 e. The molecule has 1 aliphatic heterocycles. The summed E-state index contributed by atoms with van der Waals surface area (Å²) < 4.78 is 7.62. The Hall–Kier alpha value is -3.53. The SMILES string of the molecule is COc1ccccc1[C@@H](c1nnnn1CCC(C)C)N1CCN(c2ccc([N+](=O)[O-])cc2)CC1. The van der Waals surface area contributed by atoms with Gasteiger partial charge in [-0.1, -0.05) is 32.0 Å². The second-order valence-electron chi connectivity index (χ2n) is 8.88. The van der Waals surface area contributed by atoms with Crippen molar-refractivity contribution in [3.63, 3.8) is 0 Å². The molecule has 1 atom stereocenters. The molecule has 2 heterocycles. The van der Waals surface area contributed by atoms with Gasteiger partial charge in [-0.25, -0.2) is 4.68 Å². The maximum absolute atomic E-state index is 11.0. The minimum atomic E-state index is -0.372. The Balaban J connectivity index is 1.58. The van der Waals surface area contributed by atoms with Crippen LogP contribution in [0.25, 0.3) is 0 Å². The number of aromatic nitrogens is 4. The van der Waals surface area contributed by atoms with E-state index in [-0.39, 0.29) is 16.7 Å². The van der Waals surface area contributed by atoms with Crippen molar-refractivity contribution in [2.24, 2.45) is 5.92 Å². The van der Waals surface area contributed by atoms with Crippen LogP contribution in [0, 0.1) is 16.0 Å². The zero-order valence-electron chi connectivity index (χ0n) is 19.9. The molecule has 3 aromatic rings. The van der Waals surface area contributed by atoms with E-state index in [0.717, 1.165) is 62.0 Å². The number of piperazine rings is 1. The summed E-state index contributed by atoms with van der Waals surface area (Å²) in [4.78, 5) is 15.2. The molecule has 34 heavy (non-hydrogen) atoms. The number of hydrogen-bond donors (Lipinski definition) is 0. The lowest BCUT2D eigenvalue weighted by molar-refractivity contribution is -0.384. The van der Waals surface area contributed by atoms with Crippen LogP contribution in [0.15, 0.2) is 48.5 Å². The van der Waals surface area contributed by atoms with E-state index in [1.807, 2.05) is 35.0 Å². The summed E-state index contributed by atoms with van der Waals surface area (Å²) in [5.41, 5.74) is 2.13. The van der Waals surface area contributed by atoms with Gasteiger partial charge in [0.05, 0.1) is 12.0 Å². The molecule has 180 valence electrons. The fourth-order valence-electron chi connectivity index (χ4n) is 4.36. The second-order valence-corrected chi connectivity index (χ2v) is 8.88. The van der Waals surface area contributed by atoms with E-state index >= 15 is 0 Å². The van der Waals surface area contributed by atoms with Crippen LogP contribution in [-0.4, -0.2) is 63.3 Å². The fourth-order valence-corrected chi connectivity index (χ4v) is 4.36. The molecule has 0 unspecified atom stereocenters. The van der Waals surface area contributed by atoms with Crippen molar-refractivity contribution in [3.8, 4) is 5.75 Å². The zero-order chi connectivity index (χ0) is 24.1. The van der Waals surface area contributed by atoms with E-state index in [1.165, 1.54) is 0 Å². The number of para-hydroxylation sites is 1. The van der Waals surface area contributed by atoms with Crippen LogP contribution < -0.4 is 9.64 Å². The van der Waals surface area contributed by atoms with Gasteiger partial charge in [0.2, 0.25) is 0 Å². The van der Waals surface area contributed by atoms with E-state index in [2.05, 4.69) is 45.2 Å². The summed E-state index contributed by atoms with van der Waals surface area (Å²) in [7, 11) is 1.68. The van der Waals surface area contributed by atoms with Crippen molar-refractivity contribution < 1.29 is 9.66 Å². The molecule has 0 spiro atoms. The van der Waals surface area contributed by atoms with Crippen molar-refractivity contribution in [1.82, 2.24) is 25.1 Å². The number of non-ortho nitro benzene ring substituents is 1. The van der Waals surface area contributed by atoms with E-state index in [4.69, 9.17) is 4.74 Å². The number of anilines is 1. The zero-order valence-corrected chi connectivity index (χ0v) is 19.9. The van der Waals surface area contributed by atoms with Gasteiger partial charge in [0.15, 0.2) is 5.82 Å². The normalized spacial score (nSPS) is 15.5. The predicted octanol–water partition coefficient (Wildman–Crippen LogP) is 3.55. The van der Waals surface area contributed by atoms with Gasteiger partial charge < -0.3 is 9.64 Å². The first kappa shape index (κ1) is 23.6. The summed E-state index contributed by atoms with van der Waals surface area (Å²) in [5, 5.41) is 23.7. The third kappa shape index (κ3) is 5.17. The third-order valence-corrected chi connectivity index (χ3v) is 6.26. The molecule has 0 N–H and O–H groups in total. The standard InChI is InChI=1S/C24H31N7O3/c1-18(2)12-13-30-24(25-26-27-30)23(21-6-4-5-7-22(21)34-3)29-16-14-28(15-17-29)19-8-10-20(11-9-19)31(32)33/h4-11,18,23H,12-17H2,1-3H3/t23-/m0/s1. The number of nitro groups is 1. The summed E-state index contributed by atoms with van der Waals surface area (Å²) >= 11 is 0. The molecule has 10 heteroatoms. The molecular weight excluding hydrogens is 434 g/mol. The Morgan fingerprint density at radius 2 is 1.76 bits per heavy atom. The van der Waals surface area contributed by atoms with Crippen LogP contribution in [0.5, 0.6) is 5.75 Å². The summed E-state index contributed by atoms with van der Waals surface area (Å²) in [6.45, 7) is 8.30. The van der Waals surface area contributed by atoms with Gasteiger partial charge in [0.25, 0.3) is 5.69 Å². The molecule has 1 fully saturated rings. The van der Waals surface area contributed by atoms with Gasteiger partial charge in [0, 0.05) is 56.1 Å². The Morgan fingerprint density at radius 3 is 2.41 bits per heavy atom. The van der Waals surface area contributed by atoms with E-state index in [1.54, 1.807) is 19.2 Å². The average molecular weight is 466 g/mol. The summed E-state index contributed by atoms with van der Waals surface area (Å²) in [6, 6.07) is 14.6. The monoisotopic (exact) mass is 465 g/mol. The highest BCUT2D eigenvalue weighted by atomic mass is 16.6. The average Bonchev–Trinajstić information content (AvgIpc) is 3.32. The number of methoxy groups -OCH3 is 1. The molecular formula is C24H31N7O3. The van der Waals surface area contributed by atoms with E-state index in [9.17, 15) is 10.1 Å². The molecule has 0 saturated carbocycles. The van der Waals surface area contributed by atoms with Crippen molar-refractivity contribution >= 4 is 11.4 Å². The Bertz CT molecular complexity index is 1090. The van der Waals surface area contributed by atoms with Gasteiger partial charge in [-0.2, -0.15) is 0 Å². The Kier molecular flexibility index (Phi) is 7.36. The highest BCUT2D eigenvalue weighted by Gasteiger charge is 2.32. The molecule has 2 aromatic carbocycles. The first-order chi connectivity index (χ1) is 16.5. The Morgan fingerprint density at radius 1 is 1.06 bits per heavy atom. The van der Waals surface area contributed by atoms with Crippen molar-refractivity contribution in [3.05, 3.63) is 70.0 Å². The molecule has 0 amide bonds. The van der Waals surface area contributed by atoms with Crippen LogP contribution in [0.4, 0.5) is 11.4 Å². The van der Waals surface area contributed by atoms with Crippen LogP contribution >= 0.6 is 0 Å². The van der Waals surface area contributed by atoms with E-state index in [0.29, 0.717) is 5.92 Å². The molecule has 1 saturated heterocycles. The fraction of sp³-hybridized carbons (Fsp3) is 0.458. The number of nitrogens with zero attached hydrogens (tertiary/aromatic N) is 7. The lowest BCUT2D eigenvalue weighted by Gasteiger charge is -2.40. The Labute approximate surface area is 199 Å². The summed E-state index contributed by atoms with van der Waals surface area (Å²) in [6.07, 6.45) is 0.991. The van der Waals surface area contributed by atoms with Gasteiger partial charge >= 0.3 is 0 Å². The number of hydrogen-bond acceptors (Lipinski definition) is 8. The quantitative estimate of drug-likeness (QED) is 0.349. The van der Waals surface area contributed by atoms with Crippen LogP contribution in [0.1, 0.15) is 37.7 Å². The lowest BCUT2D eigenvalue weighted by Crippen LogP contribution is -2.48. The minimum absolute atomic E-state index is 0.104. The molecule has 4 rings (SSSR count). The topological polar surface area (TPSA) is 102 Å². The van der Waals surface area contributed by atoms with E-state index < -0.39 is 0 Å². The number of nitro benzene ring substituents is 1. The van der Waals surface area contributed by atoms with Gasteiger partial charge in [-0.15, -0.1) is 5.10 Å². The minimum Gasteiger partial charge on any atom is -0.496 e. The molecule has 0 aliphatic carbocycles. The predicted molar refractivity (Wildman–Crippen MR) is 129 cm³/mol. The van der Waals surface area contributed by atoms with Crippen LogP contribution in [0.2, 0.25) is 0 Å². The summed E-state index contributed by atoms with van der Waals surface area (Å²) in [5.74, 6) is 2.17. The molecule has 0 radical (unpaired) electrons. The molecule has 1 aliphatic rings. The number of tetrazole rings is 1. The number of rotatable bonds is 9. The highest BCUT2D eigenvalue weighted by Crippen LogP contribution is 2.35. The van der Waals surface area contributed by atoms with Crippen molar-refractivity contribution in [1.29, 1.82) is 0 Å². The maximum Gasteiger partial charge on any atom is 0.269 e. The number of aryl methyl sites for hydroxylation is 1. The molecule has 10 nitrogen and oxygen atoms in total. The lowest BCUT2D eigenvalue weighted by atomic mass is 10.0. The number of benzene rings is 2. The molecule has 0 bridgehead atoms. The first-order valence-corrected chi connectivity index (χ1v) is 11.6. The highest BCUT2D eigenvalue weighted by molar-refractivity contribution is 5.51. The number of ether oxygens (including phenoxy) is 1. The van der Waals surface area contributed by atoms with Crippen molar-refractivity contribution in [2.75, 3.05) is 38.2 Å². The van der Waals surface area contributed by atoms with Gasteiger partial charge in [-0.3, -0.25) is 15.0 Å². The first-order valence-electron chi connectivity index (χ1n) is 11.6. The van der Waals surface area contributed by atoms with Crippen LogP contribution in [0.3, 0.4) is 0 Å². The van der Waals surface area contributed by atoms with Crippen molar-refractivity contribution in [2.45, 2.75) is 32.9 Å². The smallest absolute Gasteiger partial charge is 0.269 e. The van der Waals surface area contributed by atoms with Gasteiger partial charge in [-0.05, 0) is 41.0 Å². The maximum atomic E-state index is 11.0.